The molecule has 0 saturated carbocycles. The van der Waals surface area contributed by atoms with E-state index in [1.807, 2.05) is 16.8 Å². The maximum Gasteiger partial charge on any atom is 0.280 e. The predicted molar refractivity (Wildman–Crippen MR) is 115 cm³/mol. The van der Waals surface area contributed by atoms with E-state index in [4.69, 9.17) is 5.73 Å². The van der Waals surface area contributed by atoms with Crippen LogP contribution in [0.15, 0.2) is 53.2 Å². The first-order valence-electron chi connectivity index (χ1n) is 9.09. The molecule has 2 aromatic heterocycles. The van der Waals surface area contributed by atoms with Crippen molar-refractivity contribution < 1.29 is 14.9 Å². The van der Waals surface area contributed by atoms with E-state index in [-0.39, 0.29) is 18.5 Å². The number of amides is 2. The van der Waals surface area contributed by atoms with Gasteiger partial charge in [-0.15, -0.1) is 22.7 Å². The Morgan fingerprint density at radius 1 is 1.04 bits per heavy atom. The quantitative estimate of drug-likeness (QED) is 0.528. The van der Waals surface area contributed by atoms with Crippen LogP contribution in [0.2, 0.25) is 0 Å². The Kier molecular flexibility index (Phi) is 6.61. The molecule has 28 heavy (non-hydrogen) atoms. The second-order valence-corrected chi connectivity index (χ2v) is 8.73. The van der Waals surface area contributed by atoms with Crippen LogP contribution in [0.3, 0.4) is 0 Å². The second kappa shape index (κ2) is 9.14. The van der Waals surface area contributed by atoms with E-state index in [9.17, 15) is 9.59 Å². The number of primary amides is 1. The van der Waals surface area contributed by atoms with Crippen LogP contribution in [0.25, 0.3) is 0 Å². The van der Waals surface area contributed by atoms with Crippen LogP contribution >= 0.6 is 22.7 Å². The summed E-state index contributed by atoms with van der Waals surface area (Å²) in [6, 6.07) is 14.4. The Morgan fingerprint density at radius 2 is 1.75 bits per heavy atom. The zero-order chi connectivity index (χ0) is 20.1. The average Bonchev–Trinajstić information content (AvgIpc) is 3.34. The molecule has 3 rings (SSSR count). The number of hydrogen-bond acceptors (Lipinski definition) is 4. The molecule has 0 bridgehead atoms. The Hall–Kier alpha value is -2.48. The van der Waals surface area contributed by atoms with Gasteiger partial charge in [0, 0.05) is 5.56 Å². The third kappa shape index (κ3) is 4.86. The molecule has 1 atom stereocenters. The van der Waals surface area contributed by atoms with Gasteiger partial charge in [-0.05, 0) is 34.4 Å². The van der Waals surface area contributed by atoms with Crippen molar-refractivity contribution in [2.45, 2.75) is 25.8 Å². The van der Waals surface area contributed by atoms with Gasteiger partial charge in [0.2, 0.25) is 0 Å². The summed E-state index contributed by atoms with van der Waals surface area (Å²) in [7, 11) is 0. The van der Waals surface area contributed by atoms with Crippen molar-refractivity contribution >= 4 is 39.5 Å². The molecule has 0 radical (unpaired) electrons. The van der Waals surface area contributed by atoms with Crippen molar-refractivity contribution in [1.29, 1.82) is 0 Å². The molecule has 2 heterocycles. The zero-order valence-corrected chi connectivity index (χ0v) is 17.5. The van der Waals surface area contributed by atoms with Gasteiger partial charge in [-0.3, -0.25) is 9.59 Å². The van der Waals surface area contributed by atoms with Gasteiger partial charge in [0.1, 0.15) is 11.0 Å². The van der Waals surface area contributed by atoms with Gasteiger partial charge in [0.05, 0.1) is 10.4 Å². The van der Waals surface area contributed by atoms with E-state index in [1.54, 1.807) is 22.8 Å². The molecule has 2 amide bonds. The molecule has 5 nitrogen and oxygen atoms in total. The van der Waals surface area contributed by atoms with Crippen molar-refractivity contribution in [3.63, 3.8) is 0 Å². The van der Waals surface area contributed by atoms with Gasteiger partial charge in [-0.25, -0.2) is 0 Å². The predicted octanol–water partition coefficient (Wildman–Crippen LogP) is 3.32. The van der Waals surface area contributed by atoms with Crippen LogP contribution in [0.4, 0.5) is 5.00 Å². The number of nitrogens with two attached hydrogens (primary N) is 2. The highest BCUT2D eigenvalue weighted by Crippen LogP contribution is 2.25. The number of rotatable bonds is 8. The molecule has 0 aliphatic rings. The minimum absolute atomic E-state index is 0.0471. The van der Waals surface area contributed by atoms with Crippen molar-refractivity contribution in [3.8, 4) is 0 Å². The number of anilines is 1. The Bertz CT molecular complexity index is 931. The van der Waals surface area contributed by atoms with Crippen molar-refractivity contribution in [2.24, 2.45) is 5.73 Å². The zero-order valence-electron chi connectivity index (χ0n) is 15.8. The first-order chi connectivity index (χ1) is 13.5. The highest BCUT2D eigenvalue weighted by atomic mass is 32.1. The molecule has 0 unspecified atom stereocenters. The molecular formula is C21H24N3O2S2+. The number of nitrogens with one attached hydrogen (secondary N) is 1. The highest BCUT2D eigenvalue weighted by Gasteiger charge is 2.21. The van der Waals surface area contributed by atoms with Crippen LogP contribution in [-0.2, 0) is 4.79 Å². The van der Waals surface area contributed by atoms with Gasteiger partial charge in [-0.2, -0.15) is 0 Å². The summed E-state index contributed by atoms with van der Waals surface area (Å²) in [6.45, 7) is 4.59. The number of carbonyl (C=O) groups is 2. The third-order valence-corrected chi connectivity index (χ3v) is 6.32. The van der Waals surface area contributed by atoms with Crippen LogP contribution < -0.4 is 16.4 Å². The number of hydrogen-bond donors (Lipinski definition) is 3. The third-order valence-electron chi connectivity index (χ3n) is 4.53. The fourth-order valence-corrected chi connectivity index (χ4v) is 4.63. The summed E-state index contributed by atoms with van der Waals surface area (Å²) in [5.74, 6) is -0.221. The largest absolute Gasteiger partial charge is 0.366 e. The summed E-state index contributed by atoms with van der Waals surface area (Å²) in [6.07, 6.45) is 0. The number of thiophene rings is 2. The fourth-order valence-electron chi connectivity index (χ4n) is 2.98. The van der Waals surface area contributed by atoms with Gasteiger partial charge in [-0.1, -0.05) is 44.2 Å². The molecule has 7 heteroatoms. The summed E-state index contributed by atoms with van der Waals surface area (Å²) in [5, 5.41) is 9.10. The molecule has 5 N–H and O–H groups in total. The lowest BCUT2D eigenvalue weighted by Crippen LogP contribution is -2.87. The highest BCUT2D eigenvalue weighted by molar-refractivity contribution is 7.14. The van der Waals surface area contributed by atoms with Crippen LogP contribution in [0.1, 0.15) is 52.2 Å². The van der Waals surface area contributed by atoms with E-state index < -0.39 is 5.91 Å². The maximum atomic E-state index is 12.4. The molecule has 0 spiro atoms. The van der Waals surface area contributed by atoms with Gasteiger partial charge < -0.3 is 16.4 Å². The van der Waals surface area contributed by atoms with E-state index in [2.05, 4.69) is 49.5 Å². The summed E-state index contributed by atoms with van der Waals surface area (Å²) >= 11 is 2.97. The van der Waals surface area contributed by atoms with Crippen molar-refractivity contribution in [2.75, 3.05) is 11.9 Å². The van der Waals surface area contributed by atoms with Gasteiger partial charge >= 0.3 is 0 Å². The SMILES string of the molecule is CC(C)c1ccc([C@H]([NH2+]CC(=O)Nc2sccc2C(N)=O)c2cccs2)cc1. The van der Waals surface area contributed by atoms with Gasteiger partial charge in [0.15, 0.2) is 6.54 Å². The summed E-state index contributed by atoms with van der Waals surface area (Å²) < 4.78 is 0. The topological polar surface area (TPSA) is 88.8 Å². The fraction of sp³-hybridized carbons (Fsp3) is 0.238. The smallest absolute Gasteiger partial charge is 0.280 e. The normalized spacial score (nSPS) is 12.1. The molecular weight excluding hydrogens is 390 g/mol. The monoisotopic (exact) mass is 414 g/mol. The van der Waals surface area contributed by atoms with Crippen LogP contribution in [0, 0.1) is 0 Å². The Morgan fingerprint density at radius 3 is 2.36 bits per heavy atom. The van der Waals surface area contributed by atoms with E-state index in [0.717, 1.165) is 5.56 Å². The molecule has 0 aliphatic heterocycles. The maximum absolute atomic E-state index is 12.4. The molecule has 3 aromatic rings. The molecule has 0 fully saturated rings. The number of quaternary nitrogens is 1. The summed E-state index contributed by atoms with van der Waals surface area (Å²) in [5.41, 5.74) is 8.14. The molecule has 1 aromatic carbocycles. The first-order valence-corrected chi connectivity index (χ1v) is 10.9. The molecule has 0 saturated heterocycles. The first kappa shape index (κ1) is 20.3. The minimum Gasteiger partial charge on any atom is -0.366 e. The van der Waals surface area contributed by atoms with Gasteiger partial charge in [0.25, 0.3) is 11.8 Å². The van der Waals surface area contributed by atoms with E-state index in [1.165, 1.54) is 21.8 Å². The molecule has 0 aliphatic carbocycles. The van der Waals surface area contributed by atoms with Crippen LogP contribution in [-0.4, -0.2) is 18.4 Å². The average molecular weight is 415 g/mol. The van der Waals surface area contributed by atoms with Crippen molar-refractivity contribution in [3.05, 3.63) is 74.8 Å². The summed E-state index contributed by atoms with van der Waals surface area (Å²) in [4.78, 5) is 25.1. The minimum atomic E-state index is -0.540. The Labute approximate surface area is 172 Å². The Balaban J connectivity index is 1.71. The lowest BCUT2D eigenvalue weighted by atomic mass is 9.98. The standard InChI is InChI=1S/C21H23N3O2S2/c1-13(2)14-5-7-15(8-6-14)19(17-4-3-10-27-17)23-12-18(25)24-21-16(20(22)26)9-11-28-21/h3-11,13,19,23H,12H2,1-2H3,(H2,22,26)(H,24,25)/p+1/t19-/m0/s1. The van der Waals surface area contributed by atoms with E-state index >= 15 is 0 Å². The second-order valence-electron chi connectivity index (χ2n) is 6.83. The van der Waals surface area contributed by atoms with E-state index in [0.29, 0.717) is 16.5 Å². The lowest BCUT2D eigenvalue weighted by Gasteiger charge is -2.16. The lowest BCUT2D eigenvalue weighted by molar-refractivity contribution is -0.675. The number of carbonyl (C=O) groups excluding carboxylic acids is 2. The van der Waals surface area contributed by atoms with Crippen molar-refractivity contribution in [1.82, 2.24) is 0 Å². The van der Waals surface area contributed by atoms with Crippen LogP contribution in [0.5, 0.6) is 0 Å². The number of benzene rings is 1. The molecule has 146 valence electrons.